The normalized spacial score (nSPS) is 10.2. The summed E-state index contributed by atoms with van der Waals surface area (Å²) in [6.07, 6.45) is 3.52. The molecule has 0 spiro atoms. The van der Waals surface area contributed by atoms with Crippen LogP contribution in [0, 0.1) is 13.8 Å². The van der Waals surface area contributed by atoms with E-state index in [1.807, 2.05) is 38.1 Å². The molecule has 0 fully saturated rings. The van der Waals surface area contributed by atoms with Gasteiger partial charge in [0.25, 0.3) is 0 Å². The lowest BCUT2D eigenvalue weighted by Gasteiger charge is -2.13. The van der Waals surface area contributed by atoms with Crippen LogP contribution in [0.15, 0.2) is 36.7 Å². The summed E-state index contributed by atoms with van der Waals surface area (Å²) in [4.78, 5) is 3.97. The SMILES string of the molecule is Cc1ccc(N)c(C)c1OCc1ccncc1. The zero-order valence-corrected chi connectivity index (χ0v) is 10.1. The molecule has 0 atom stereocenters. The molecule has 0 saturated carbocycles. The van der Waals surface area contributed by atoms with Crippen LogP contribution in [0.2, 0.25) is 0 Å². The van der Waals surface area contributed by atoms with Crippen molar-refractivity contribution in [2.24, 2.45) is 0 Å². The molecule has 3 heteroatoms. The molecule has 1 aromatic carbocycles. The Morgan fingerprint density at radius 2 is 1.82 bits per heavy atom. The van der Waals surface area contributed by atoms with Gasteiger partial charge < -0.3 is 10.5 Å². The summed E-state index contributed by atoms with van der Waals surface area (Å²) < 4.78 is 5.83. The summed E-state index contributed by atoms with van der Waals surface area (Å²) in [5.74, 6) is 0.877. The Kier molecular flexibility index (Phi) is 3.28. The molecule has 0 bridgehead atoms. The molecule has 0 saturated heterocycles. The highest BCUT2D eigenvalue weighted by Gasteiger charge is 2.06. The molecule has 2 aromatic rings. The monoisotopic (exact) mass is 228 g/mol. The van der Waals surface area contributed by atoms with E-state index in [1.165, 1.54) is 0 Å². The first kappa shape index (κ1) is 11.5. The van der Waals surface area contributed by atoms with Crippen molar-refractivity contribution in [1.29, 1.82) is 0 Å². The van der Waals surface area contributed by atoms with Crippen LogP contribution in [0.5, 0.6) is 5.75 Å². The van der Waals surface area contributed by atoms with Crippen molar-refractivity contribution in [3.63, 3.8) is 0 Å². The van der Waals surface area contributed by atoms with E-state index in [1.54, 1.807) is 12.4 Å². The van der Waals surface area contributed by atoms with Crippen LogP contribution in [0.3, 0.4) is 0 Å². The number of aromatic nitrogens is 1. The van der Waals surface area contributed by atoms with E-state index in [-0.39, 0.29) is 0 Å². The largest absolute Gasteiger partial charge is 0.488 e. The molecule has 2 rings (SSSR count). The Hall–Kier alpha value is -2.03. The molecule has 0 aliphatic heterocycles. The molecule has 0 amide bonds. The van der Waals surface area contributed by atoms with Crippen LogP contribution in [0.1, 0.15) is 16.7 Å². The third-order valence-corrected chi connectivity index (χ3v) is 2.78. The van der Waals surface area contributed by atoms with Crippen LogP contribution in [-0.2, 0) is 6.61 Å². The Balaban J connectivity index is 2.17. The summed E-state index contributed by atoms with van der Waals surface area (Å²) in [6, 6.07) is 7.77. The third-order valence-electron chi connectivity index (χ3n) is 2.78. The number of aryl methyl sites for hydroxylation is 1. The molecule has 0 radical (unpaired) electrons. The van der Waals surface area contributed by atoms with Gasteiger partial charge in [0.05, 0.1) is 0 Å². The lowest BCUT2D eigenvalue weighted by atomic mass is 10.1. The zero-order valence-electron chi connectivity index (χ0n) is 10.1. The number of hydrogen-bond donors (Lipinski definition) is 1. The van der Waals surface area contributed by atoms with Gasteiger partial charge in [0.2, 0.25) is 0 Å². The average Bonchev–Trinajstić information content (AvgIpc) is 2.35. The first-order valence-electron chi connectivity index (χ1n) is 5.56. The number of nitrogens with two attached hydrogens (primary N) is 1. The minimum Gasteiger partial charge on any atom is -0.488 e. The molecule has 0 aliphatic rings. The van der Waals surface area contributed by atoms with E-state index < -0.39 is 0 Å². The molecule has 1 heterocycles. The Morgan fingerprint density at radius 1 is 1.12 bits per heavy atom. The molecule has 0 aliphatic carbocycles. The van der Waals surface area contributed by atoms with Crippen LogP contribution in [-0.4, -0.2) is 4.98 Å². The first-order valence-corrected chi connectivity index (χ1v) is 5.56. The van der Waals surface area contributed by atoms with Crippen LogP contribution < -0.4 is 10.5 Å². The fraction of sp³-hybridized carbons (Fsp3) is 0.214. The Morgan fingerprint density at radius 3 is 2.53 bits per heavy atom. The standard InChI is InChI=1S/C14H16N2O/c1-10-3-4-13(15)11(2)14(10)17-9-12-5-7-16-8-6-12/h3-8H,9,15H2,1-2H3. The van der Waals surface area contributed by atoms with E-state index in [4.69, 9.17) is 10.5 Å². The van der Waals surface area contributed by atoms with Gasteiger partial charge in [-0.1, -0.05) is 6.07 Å². The van der Waals surface area contributed by atoms with Gasteiger partial charge in [-0.25, -0.2) is 0 Å². The van der Waals surface area contributed by atoms with Crippen molar-refractivity contribution in [3.05, 3.63) is 53.3 Å². The van der Waals surface area contributed by atoms with Crippen LogP contribution >= 0.6 is 0 Å². The highest BCUT2D eigenvalue weighted by Crippen LogP contribution is 2.28. The van der Waals surface area contributed by atoms with Crippen molar-refractivity contribution in [3.8, 4) is 5.75 Å². The predicted molar refractivity (Wildman–Crippen MR) is 68.9 cm³/mol. The number of nitrogen functional groups attached to an aromatic ring is 1. The molecular formula is C14H16N2O. The summed E-state index contributed by atoms with van der Waals surface area (Å²) >= 11 is 0. The highest BCUT2D eigenvalue weighted by molar-refractivity contribution is 5.56. The summed E-state index contributed by atoms with van der Waals surface area (Å²) in [5, 5.41) is 0. The van der Waals surface area contributed by atoms with Gasteiger partial charge in [0, 0.05) is 23.6 Å². The van der Waals surface area contributed by atoms with E-state index in [0.29, 0.717) is 6.61 Å². The molecule has 88 valence electrons. The molecular weight excluding hydrogens is 212 g/mol. The number of pyridine rings is 1. The van der Waals surface area contributed by atoms with Gasteiger partial charge in [-0.15, -0.1) is 0 Å². The third kappa shape index (κ3) is 2.56. The first-order chi connectivity index (χ1) is 8.18. The van der Waals surface area contributed by atoms with Gasteiger partial charge >= 0.3 is 0 Å². The molecule has 1 aromatic heterocycles. The van der Waals surface area contributed by atoms with Gasteiger partial charge in [0.1, 0.15) is 12.4 Å². The van der Waals surface area contributed by atoms with Crippen molar-refractivity contribution < 1.29 is 4.74 Å². The molecule has 0 unspecified atom stereocenters. The predicted octanol–water partition coefficient (Wildman–Crippen LogP) is 2.86. The van der Waals surface area contributed by atoms with Gasteiger partial charge in [-0.3, -0.25) is 4.98 Å². The maximum Gasteiger partial charge on any atom is 0.127 e. The second-order valence-corrected chi connectivity index (χ2v) is 4.07. The van der Waals surface area contributed by atoms with E-state index in [9.17, 15) is 0 Å². The fourth-order valence-electron chi connectivity index (χ4n) is 1.70. The summed E-state index contributed by atoms with van der Waals surface area (Å²) in [6.45, 7) is 4.53. The molecule has 2 N–H and O–H groups in total. The van der Waals surface area contributed by atoms with Crippen LogP contribution in [0.4, 0.5) is 5.69 Å². The topological polar surface area (TPSA) is 48.1 Å². The lowest BCUT2D eigenvalue weighted by Crippen LogP contribution is -2.01. The smallest absolute Gasteiger partial charge is 0.127 e. The Labute approximate surface area is 101 Å². The van der Waals surface area contributed by atoms with Gasteiger partial charge in [-0.05, 0) is 43.2 Å². The van der Waals surface area contributed by atoms with E-state index >= 15 is 0 Å². The quantitative estimate of drug-likeness (QED) is 0.822. The summed E-state index contributed by atoms with van der Waals surface area (Å²) in [5.41, 5.74) is 9.83. The van der Waals surface area contributed by atoms with Crippen molar-refractivity contribution in [2.45, 2.75) is 20.5 Å². The number of rotatable bonds is 3. The van der Waals surface area contributed by atoms with Gasteiger partial charge in [0.15, 0.2) is 0 Å². The van der Waals surface area contributed by atoms with Crippen molar-refractivity contribution in [1.82, 2.24) is 4.98 Å². The van der Waals surface area contributed by atoms with Crippen molar-refractivity contribution >= 4 is 5.69 Å². The minimum absolute atomic E-state index is 0.535. The maximum absolute atomic E-state index is 5.87. The van der Waals surface area contributed by atoms with Gasteiger partial charge in [-0.2, -0.15) is 0 Å². The minimum atomic E-state index is 0.535. The lowest BCUT2D eigenvalue weighted by molar-refractivity contribution is 0.302. The highest BCUT2D eigenvalue weighted by atomic mass is 16.5. The zero-order chi connectivity index (χ0) is 12.3. The maximum atomic E-state index is 5.87. The number of nitrogens with zero attached hydrogens (tertiary/aromatic N) is 1. The molecule has 17 heavy (non-hydrogen) atoms. The van der Waals surface area contributed by atoms with E-state index in [2.05, 4.69) is 4.98 Å². The number of anilines is 1. The van der Waals surface area contributed by atoms with E-state index in [0.717, 1.165) is 28.1 Å². The Bertz CT molecular complexity index is 509. The van der Waals surface area contributed by atoms with Crippen molar-refractivity contribution in [2.75, 3.05) is 5.73 Å². The molecule has 3 nitrogen and oxygen atoms in total. The fourth-order valence-corrected chi connectivity index (χ4v) is 1.70. The summed E-state index contributed by atoms with van der Waals surface area (Å²) in [7, 11) is 0. The second kappa shape index (κ2) is 4.87. The van der Waals surface area contributed by atoms with Crippen LogP contribution in [0.25, 0.3) is 0 Å². The number of benzene rings is 1. The number of ether oxygens (including phenoxy) is 1. The second-order valence-electron chi connectivity index (χ2n) is 4.07. The number of hydrogen-bond acceptors (Lipinski definition) is 3. The average molecular weight is 228 g/mol.